The molecule has 0 N–H and O–H groups in total. The van der Waals surface area contributed by atoms with E-state index in [0.29, 0.717) is 6.61 Å². The molecule has 0 spiro atoms. The van der Waals surface area contributed by atoms with Gasteiger partial charge in [-0.05, 0) is 38.2 Å². The minimum atomic E-state index is -0.217. The van der Waals surface area contributed by atoms with Crippen LogP contribution >= 0.6 is 0 Å². The monoisotopic (exact) mass is 196 g/mol. The third-order valence-electron chi connectivity index (χ3n) is 3.30. The van der Waals surface area contributed by atoms with Crippen molar-refractivity contribution in [3.05, 3.63) is 11.1 Å². The van der Waals surface area contributed by atoms with Crippen LogP contribution in [0, 0.1) is 0 Å². The van der Waals surface area contributed by atoms with E-state index in [9.17, 15) is 4.79 Å². The van der Waals surface area contributed by atoms with Crippen molar-refractivity contribution in [2.24, 2.45) is 0 Å². The minimum Gasteiger partial charge on any atom is -0.466 e. The van der Waals surface area contributed by atoms with Crippen molar-refractivity contribution < 1.29 is 14.3 Å². The summed E-state index contributed by atoms with van der Waals surface area (Å²) in [6.07, 6.45) is 4.37. The third-order valence-corrected chi connectivity index (χ3v) is 3.30. The smallest absolute Gasteiger partial charge is 0.336 e. The predicted octanol–water partition coefficient (Wildman–Crippen LogP) is 1.82. The third kappa shape index (κ3) is 1.36. The maximum absolute atomic E-state index is 11.5. The van der Waals surface area contributed by atoms with E-state index < -0.39 is 0 Å². The lowest BCUT2D eigenvalue weighted by atomic mass is 9.80. The van der Waals surface area contributed by atoms with E-state index in [2.05, 4.69) is 6.92 Å². The van der Waals surface area contributed by atoms with Crippen LogP contribution in [-0.4, -0.2) is 25.3 Å². The van der Waals surface area contributed by atoms with E-state index in [0.717, 1.165) is 24.8 Å². The van der Waals surface area contributed by atoms with E-state index in [1.54, 1.807) is 0 Å². The Morgan fingerprint density at radius 1 is 1.50 bits per heavy atom. The maximum Gasteiger partial charge on any atom is 0.336 e. The Morgan fingerprint density at radius 3 is 3.00 bits per heavy atom. The van der Waals surface area contributed by atoms with E-state index in [1.165, 1.54) is 19.1 Å². The van der Waals surface area contributed by atoms with Crippen molar-refractivity contribution in [1.82, 2.24) is 0 Å². The van der Waals surface area contributed by atoms with Crippen LogP contribution in [0.15, 0.2) is 11.1 Å². The molecule has 0 aromatic rings. The lowest BCUT2D eigenvalue weighted by Gasteiger charge is -2.31. The van der Waals surface area contributed by atoms with Crippen LogP contribution in [0.2, 0.25) is 0 Å². The largest absolute Gasteiger partial charge is 0.466 e. The topological polar surface area (TPSA) is 35.5 Å². The zero-order chi connectivity index (χ0) is 10.2. The second-order valence-electron chi connectivity index (χ2n) is 4.18. The highest BCUT2D eigenvalue weighted by molar-refractivity contribution is 5.90. The average molecular weight is 196 g/mol. The molecule has 1 atom stereocenters. The van der Waals surface area contributed by atoms with Gasteiger partial charge in [-0.25, -0.2) is 4.79 Å². The van der Waals surface area contributed by atoms with Gasteiger partial charge in [0.05, 0.1) is 24.9 Å². The number of ether oxygens (including phenoxy) is 2. The van der Waals surface area contributed by atoms with Crippen LogP contribution in [-0.2, 0) is 14.3 Å². The Bertz CT molecular complexity index is 293. The van der Waals surface area contributed by atoms with Crippen molar-refractivity contribution in [2.45, 2.75) is 38.2 Å². The Morgan fingerprint density at radius 2 is 2.29 bits per heavy atom. The molecule has 1 aliphatic carbocycles. The average Bonchev–Trinajstić information content (AvgIpc) is 2.54. The number of esters is 1. The van der Waals surface area contributed by atoms with Gasteiger partial charge in [0.15, 0.2) is 0 Å². The molecule has 0 radical (unpaired) electrons. The fraction of sp³-hybridized carbons (Fsp3) is 0.727. The van der Waals surface area contributed by atoms with E-state index >= 15 is 0 Å². The molecule has 3 nitrogen and oxygen atoms in total. The second-order valence-corrected chi connectivity index (χ2v) is 4.18. The van der Waals surface area contributed by atoms with Gasteiger partial charge in [0.25, 0.3) is 0 Å². The number of rotatable bonds is 1. The molecule has 2 rings (SSSR count). The van der Waals surface area contributed by atoms with Crippen LogP contribution in [0.3, 0.4) is 0 Å². The van der Waals surface area contributed by atoms with Crippen molar-refractivity contribution in [3.8, 4) is 0 Å². The summed E-state index contributed by atoms with van der Waals surface area (Å²) in [5, 5.41) is 0. The summed E-state index contributed by atoms with van der Waals surface area (Å²) in [6, 6.07) is 0. The highest BCUT2D eigenvalue weighted by Gasteiger charge is 2.41. The molecule has 1 heterocycles. The summed E-state index contributed by atoms with van der Waals surface area (Å²) in [6.45, 7) is 2.51. The Labute approximate surface area is 84.1 Å². The molecule has 3 heteroatoms. The molecule has 1 aliphatic heterocycles. The first kappa shape index (κ1) is 9.71. The Kier molecular flexibility index (Phi) is 2.35. The molecule has 0 aromatic heterocycles. The first-order valence-corrected chi connectivity index (χ1v) is 5.12. The molecule has 78 valence electrons. The van der Waals surface area contributed by atoms with Crippen molar-refractivity contribution >= 4 is 5.97 Å². The summed E-state index contributed by atoms with van der Waals surface area (Å²) in [7, 11) is 1.42. The number of fused-ring (bicyclic) bond motifs is 1. The van der Waals surface area contributed by atoms with Crippen molar-refractivity contribution in [2.75, 3.05) is 13.7 Å². The van der Waals surface area contributed by atoms with E-state index in [4.69, 9.17) is 9.47 Å². The van der Waals surface area contributed by atoms with Gasteiger partial charge in [0.2, 0.25) is 0 Å². The summed E-state index contributed by atoms with van der Waals surface area (Å²) in [5.74, 6) is -0.217. The number of carbonyl (C=O) groups is 1. The Hall–Kier alpha value is -0.830. The molecular weight excluding hydrogens is 180 g/mol. The Balaban J connectivity index is 2.31. The standard InChI is InChI=1S/C11H16O3/c1-11-6-4-3-5-9(11)8(7-14-11)10(12)13-2/h3-7H2,1-2H3. The highest BCUT2D eigenvalue weighted by atomic mass is 16.5. The summed E-state index contributed by atoms with van der Waals surface area (Å²) in [5.41, 5.74) is 1.76. The van der Waals surface area contributed by atoms with Gasteiger partial charge in [-0.2, -0.15) is 0 Å². The van der Waals surface area contributed by atoms with Crippen LogP contribution in [0.5, 0.6) is 0 Å². The highest BCUT2D eigenvalue weighted by Crippen LogP contribution is 2.42. The van der Waals surface area contributed by atoms with E-state index in [1.807, 2.05) is 0 Å². The van der Waals surface area contributed by atoms with Gasteiger partial charge in [-0.3, -0.25) is 0 Å². The number of carbonyl (C=O) groups excluding carboxylic acids is 1. The molecule has 0 aromatic carbocycles. The molecule has 0 amide bonds. The zero-order valence-electron chi connectivity index (χ0n) is 8.76. The first-order chi connectivity index (χ1) is 6.67. The quantitative estimate of drug-likeness (QED) is 0.600. The molecule has 1 unspecified atom stereocenters. The zero-order valence-corrected chi connectivity index (χ0v) is 8.76. The predicted molar refractivity (Wildman–Crippen MR) is 51.9 cm³/mol. The lowest BCUT2D eigenvalue weighted by molar-refractivity contribution is -0.136. The fourth-order valence-corrected chi connectivity index (χ4v) is 2.43. The summed E-state index contributed by atoms with van der Waals surface area (Å²) in [4.78, 5) is 11.5. The normalized spacial score (nSPS) is 31.6. The van der Waals surface area contributed by atoms with E-state index in [-0.39, 0.29) is 11.6 Å². The van der Waals surface area contributed by atoms with Gasteiger partial charge in [-0.15, -0.1) is 0 Å². The fourth-order valence-electron chi connectivity index (χ4n) is 2.43. The van der Waals surface area contributed by atoms with Crippen molar-refractivity contribution in [3.63, 3.8) is 0 Å². The molecule has 0 bridgehead atoms. The summed E-state index contributed by atoms with van der Waals surface area (Å²) >= 11 is 0. The van der Waals surface area contributed by atoms with Gasteiger partial charge < -0.3 is 9.47 Å². The maximum atomic E-state index is 11.5. The molecular formula is C11H16O3. The minimum absolute atomic E-state index is 0.179. The molecule has 0 saturated heterocycles. The van der Waals surface area contributed by atoms with Gasteiger partial charge >= 0.3 is 5.97 Å². The van der Waals surface area contributed by atoms with Gasteiger partial charge in [0, 0.05) is 0 Å². The molecule has 1 saturated carbocycles. The number of methoxy groups -OCH3 is 1. The van der Waals surface area contributed by atoms with Crippen LogP contribution in [0.1, 0.15) is 32.6 Å². The van der Waals surface area contributed by atoms with Crippen LogP contribution in [0.25, 0.3) is 0 Å². The van der Waals surface area contributed by atoms with Crippen molar-refractivity contribution in [1.29, 1.82) is 0 Å². The molecule has 1 fully saturated rings. The van der Waals surface area contributed by atoms with Gasteiger partial charge in [-0.1, -0.05) is 0 Å². The van der Waals surface area contributed by atoms with Gasteiger partial charge in [0.1, 0.15) is 0 Å². The lowest BCUT2D eigenvalue weighted by Crippen LogP contribution is -2.30. The SMILES string of the molecule is COC(=O)C1=C2CCCCC2(C)OC1. The van der Waals surface area contributed by atoms with Crippen LogP contribution < -0.4 is 0 Å². The number of hydrogen-bond donors (Lipinski definition) is 0. The molecule has 2 aliphatic rings. The van der Waals surface area contributed by atoms with Crippen LogP contribution in [0.4, 0.5) is 0 Å². The first-order valence-electron chi connectivity index (χ1n) is 5.12. The second kappa shape index (κ2) is 3.39. The molecule has 14 heavy (non-hydrogen) atoms. The number of hydrogen-bond acceptors (Lipinski definition) is 3. The summed E-state index contributed by atoms with van der Waals surface area (Å²) < 4.78 is 10.5.